The third-order valence-electron chi connectivity index (χ3n) is 4.44. The minimum Gasteiger partial charge on any atom is -0.468 e. The first-order valence-corrected chi connectivity index (χ1v) is 8.36. The van der Waals surface area contributed by atoms with E-state index in [4.69, 9.17) is 4.42 Å². The van der Waals surface area contributed by atoms with Crippen LogP contribution in [0.3, 0.4) is 0 Å². The first-order valence-electron chi connectivity index (χ1n) is 8.36. The average molecular weight is 312 g/mol. The molecular weight excluding hydrogens is 288 g/mol. The highest BCUT2D eigenvalue weighted by molar-refractivity contribution is 5.94. The van der Waals surface area contributed by atoms with Gasteiger partial charge in [-0.15, -0.1) is 0 Å². The van der Waals surface area contributed by atoms with E-state index in [2.05, 4.69) is 10.2 Å². The minimum absolute atomic E-state index is 0.0257. The molecule has 1 fully saturated rings. The first-order chi connectivity index (χ1) is 11.2. The number of benzene rings is 1. The lowest BCUT2D eigenvalue weighted by molar-refractivity contribution is 0.0914. The Labute approximate surface area is 137 Å². The monoisotopic (exact) mass is 312 g/mol. The van der Waals surface area contributed by atoms with E-state index in [-0.39, 0.29) is 11.9 Å². The van der Waals surface area contributed by atoms with Gasteiger partial charge in [-0.25, -0.2) is 0 Å². The van der Waals surface area contributed by atoms with Crippen LogP contribution >= 0.6 is 0 Å². The molecule has 4 nitrogen and oxygen atoms in total. The molecule has 2 heterocycles. The number of carbonyl (C=O) groups excluding carboxylic acids is 1. The highest BCUT2D eigenvalue weighted by Gasteiger charge is 2.25. The van der Waals surface area contributed by atoms with Crippen molar-refractivity contribution in [3.63, 3.8) is 0 Å². The molecule has 1 atom stereocenters. The Balaban J connectivity index is 1.67. The molecule has 23 heavy (non-hydrogen) atoms. The molecular formula is C19H24N2O2. The number of aryl methyl sites for hydroxylation is 1. The number of amides is 1. The summed E-state index contributed by atoms with van der Waals surface area (Å²) in [6.45, 7) is 4.69. The van der Waals surface area contributed by atoms with Crippen molar-refractivity contribution in [3.05, 3.63) is 59.5 Å². The van der Waals surface area contributed by atoms with E-state index in [1.165, 1.54) is 19.3 Å². The standard InChI is InChI=1S/C19H24N2O2/c1-15-7-5-8-16(13-15)19(22)20-14-17(18-9-6-12-23-18)21-10-3-2-4-11-21/h5-9,12-13,17H,2-4,10-11,14H2,1H3,(H,20,22)/t17-/m1/s1. The fourth-order valence-electron chi connectivity index (χ4n) is 3.20. The molecule has 1 amide bonds. The average Bonchev–Trinajstić information content (AvgIpc) is 3.10. The number of rotatable bonds is 5. The number of carbonyl (C=O) groups is 1. The number of nitrogens with zero attached hydrogens (tertiary/aromatic N) is 1. The van der Waals surface area contributed by atoms with Crippen molar-refractivity contribution in [2.45, 2.75) is 32.2 Å². The predicted octanol–water partition coefficient (Wildman–Crippen LogP) is 3.55. The van der Waals surface area contributed by atoms with Gasteiger partial charge in [0.2, 0.25) is 0 Å². The third-order valence-corrected chi connectivity index (χ3v) is 4.44. The summed E-state index contributed by atoms with van der Waals surface area (Å²) < 4.78 is 5.61. The Bertz CT molecular complexity index is 631. The van der Waals surface area contributed by atoms with Gasteiger partial charge in [-0.1, -0.05) is 24.1 Å². The van der Waals surface area contributed by atoms with Gasteiger partial charge in [-0.3, -0.25) is 9.69 Å². The van der Waals surface area contributed by atoms with Crippen LogP contribution in [0.25, 0.3) is 0 Å². The molecule has 0 bridgehead atoms. The van der Waals surface area contributed by atoms with Crippen LogP contribution in [-0.4, -0.2) is 30.4 Å². The highest BCUT2D eigenvalue weighted by atomic mass is 16.3. The number of likely N-dealkylation sites (tertiary alicyclic amines) is 1. The molecule has 0 saturated carbocycles. The van der Waals surface area contributed by atoms with E-state index in [0.717, 1.165) is 24.4 Å². The largest absolute Gasteiger partial charge is 0.468 e. The third kappa shape index (κ3) is 4.02. The molecule has 4 heteroatoms. The van der Waals surface area contributed by atoms with E-state index >= 15 is 0 Å². The summed E-state index contributed by atoms with van der Waals surface area (Å²) in [6, 6.07) is 11.7. The van der Waals surface area contributed by atoms with Crippen LogP contribution in [0.2, 0.25) is 0 Å². The molecule has 1 aromatic heterocycles. The Morgan fingerprint density at radius 2 is 2.04 bits per heavy atom. The summed E-state index contributed by atoms with van der Waals surface area (Å²) in [4.78, 5) is 14.8. The smallest absolute Gasteiger partial charge is 0.251 e. The van der Waals surface area contributed by atoms with Crippen molar-refractivity contribution in [2.24, 2.45) is 0 Å². The summed E-state index contributed by atoms with van der Waals surface area (Å²) in [5, 5.41) is 3.07. The summed E-state index contributed by atoms with van der Waals surface area (Å²) >= 11 is 0. The molecule has 1 aliphatic heterocycles. The molecule has 0 spiro atoms. The summed E-state index contributed by atoms with van der Waals surface area (Å²) in [6.07, 6.45) is 5.41. The van der Waals surface area contributed by atoms with E-state index < -0.39 is 0 Å². The predicted molar refractivity (Wildman–Crippen MR) is 90.4 cm³/mol. The maximum atomic E-state index is 12.4. The van der Waals surface area contributed by atoms with Crippen molar-refractivity contribution >= 4 is 5.91 Å². The number of nitrogens with one attached hydrogen (secondary N) is 1. The van der Waals surface area contributed by atoms with E-state index in [9.17, 15) is 4.79 Å². The van der Waals surface area contributed by atoms with Crippen LogP contribution in [0.1, 0.15) is 47.0 Å². The van der Waals surface area contributed by atoms with Crippen LogP contribution < -0.4 is 5.32 Å². The number of furan rings is 1. The maximum absolute atomic E-state index is 12.4. The molecule has 0 unspecified atom stereocenters. The van der Waals surface area contributed by atoms with E-state index in [0.29, 0.717) is 12.1 Å². The van der Waals surface area contributed by atoms with Crippen LogP contribution in [0, 0.1) is 6.92 Å². The van der Waals surface area contributed by atoms with Crippen molar-refractivity contribution in [1.29, 1.82) is 0 Å². The van der Waals surface area contributed by atoms with E-state index in [1.807, 2.05) is 43.3 Å². The molecule has 1 saturated heterocycles. The topological polar surface area (TPSA) is 45.5 Å². The van der Waals surface area contributed by atoms with Gasteiger partial charge >= 0.3 is 0 Å². The second-order valence-electron chi connectivity index (χ2n) is 6.21. The van der Waals surface area contributed by atoms with Gasteiger partial charge in [0.1, 0.15) is 5.76 Å². The van der Waals surface area contributed by atoms with E-state index in [1.54, 1.807) is 6.26 Å². The SMILES string of the molecule is Cc1cccc(C(=O)NC[C@H](c2ccco2)N2CCCCC2)c1. The van der Waals surface area contributed by atoms with Crippen LogP contribution in [0.15, 0.2) is 47.1 Å². The lowest BCUT2D eigenvalue weighted by atomic mass is 10.1. The van der Waals surface area contributed by atoms with Gasteiger partial charge in [0, 0.05) is 12.1 Å². The quantitative estimate of drug-likeness (QED) is 0.918. The van der Waals surface area contributed by atoms with Gasteiger partial charge in [0.25, 0.3) is 5.91 Å². The Morgan fingerprint density at radius 3 is 2.74 bits per heavy atom. The summed E-state index contributed by atoms with van der Waals surface area (Å²) in [5.41, 5.74) is 1.80. The highest BCUT2D eigenvalue weighted by Crippen LogP contribution is 2.24. The zero-order valence-corrected chi connectivity index (χ0v) is 13.6. The fraction of sp³-hybridized carbons (Fsp3) is 0.421. The van der Waals surface area contributed by atoms with Crippen molar-refractivity contribution in [2.75, 3.05) is 19.6 Å². The maximum Gasteiger partial charge on any atom is 0.251 e. The number of piperidine rings is 1. The fourth-order valence-corrected chi connectivity index (χ4v) is 3.20. The zero-order valence-electron chi connectivity index (χ0n) is 13.6. The molecule has 0 aliphatic carbocycles. The Morgan fingerprint density at radius 1 is 1.22 bits per heavy atom. The van der Waals surface area contributed by atoms with Crippen molar-refractivity contribution in [1.82, 2.24) is 10.2 Å². The van der Waals surface area contributed by atoms with Gasteiger partial charge < -0.3 is 9.73 Å². The van der Waals surface area contributed by atoms with Crippen LogP contribution in [0.5, 0.6) is 0 Å². The second-order valence-corrected chi connectivity index (χ2v) is 6.21. The number of hydrogen-bond acceptors (Lipinski definition) is 3. The van der Waals surface area contributed by atoms with Gasteiger partial charge in [-0.2, -0.15) is 0 Å². The zero-order chi connectivity index (χ0) is 16.1. The summed E-state index contributed by atoms with van der Waals surface area (Å²) in [7, 11) is 0. The molecule has 3 rings (SSSR count). The lowest BCUT2D eigenvalue weighted by Gasteiger charge is -2.33. The molecule has 1 N–H and O–H groups in total. The van der Waals surface area contributed by atoms with Crippen LogP contribution in [0.4, 0.5) is 0 Å². The first kappa shape index (κ1) is 15.8. The minimum atomic E-state index is -0.0257. The Hall–Kier alpha value is -2.07. The molecule has 122 valence electrons. The number of hydrogen-bond donors (Lipinski definition) is 1. The molecule has 1 aliphatic rings. The van der Waals surface area contributed by atoms with Gasteiger partial charge in [-0.05, 0) is 57.1 Å². The normalized spacial score (nSPS) is 16.9. The van der Waals surface area contributed by atoms with Crippen molar-refractivity contribution < 1.29 is 9.21 Å². The Kier molecular flexibility index (Phi) is 5.13. The summed E-state index contributed by atoms with van der Waals surface area (Å²) in [5.74, 6) is 0.902. The second kappa shape index (κ2) is 7.47. The molecule has 1 aromatic carbocycles. The molecule has 2 aromatic rings. The molecule has 0 radical (unpaired) electrons. The van der Waals surface area contributed by atoms with Gasteiger partial charge in [0.05, 0.1) is 12.3 Å². The lowest BCUT2D eigenvalue weighted by Crippen LogP contribution is -2.40. The van der Waals surface area contributed by atoms with Crippen LogP contribution in [-0.2, 0) is 0 Å². The van der Waals surface area contributed by atoms with Gasteiger partial charge in [0.15, 0.2) is 0 Å². The van der Waals surface area contributed by atoms with Crippen molar-refractivity contribution in [3.8, 4) is 0 Å².